The molecule has 0 saturated heterocycles. The molecule has 1 aromatic heterocycles. The molecule has 2 aromatic carbocycles. The molecule has 0 radical (unpaired) electrons. The van der Waals surface area contributed by atoms with Crippen LogP contribution in [0, 0.1) is 0 Å². The molecular formula is C34H36N4O5S. The van der Waals surface area contributed by atoms with Crippen LogP contribution in [0.2, 0.25) is 0 Å². The molecule has 5 rings (SSSR count). The molecule has 0 saturated carbocycles. The number of thioether (sulfide) groups is 1. The van der Waals surface area contributed by atoms with Gasteiger partial charge in [-0.05, 0) is 61.6 Å². The van der Waals surface area contributed by atoms with Gasteiger partial charge in [0.15, 0.2) is 16.7 Å². The first kappa shape index (κ1) is 30.9. The van der Waals surface area contributed by atoms with Crippen molar-refractivity contribution in [2.75, 3.05) is 13.7 Å². The van der Waals surface area contributed by atoms with Gasteiger partial charge < -0.3 is 24.4 Å². The van der Waals surface area contributed by atoms with Gasteiger partial charge in [-0.25, -0.2) is 9.79 Å². The van der Waals surface area contributed by atoms with E-state index in [9.17, 15) is 9.59 Å². The highest BCUT2D eigenvalue weighted by Crippen LogP contribution is 2.46. The van der Waals surface area contributed by atoms with Crippen LogP contribution in [-0.2, 0) is 27.4 Å². The zero-order chi connectivity index (χ0) is 31.1. The molecule has 0 unspecified atom stereocenters. The number of carbonyl (C=O) groups excluding carboxylic acids is 2. The number of rotatable bonds is 12. The first-order valence-electron chi connectivity index (χ1n) is 14.5. The number of aliphatic imine (C=N–C) groups is 1. The minimum atomic E-state index is -0.589. The van der Waals surface area contributed by atoms with Crippen LogP contribution in [0.3, 0.4) is 0 Å². The molecule has 228 valence electrons. The number of nitrogens with one attached hydrogen (secondary N) is 1. The van der Waals surface area contributed by atoms with Gasteiger partial charge in [-0.3, -0.25) is 9.78 Å². The van der Waals surface area contributed by atoms with E-state index in [1.54, 1.807) is 13.3 Å². The summed E-state index contributed by atoms with van der Waals surface area (Å²) in [5.41, 5.74) is 4.43. The number of benzene rings is 2. The molecule has 0 spiro atoms. The van der Waals surface area contributed by atoms with E-state index >= 15 is 0 Å². The largest absolute Gasteiger partial charge is 0.493 e. The normalized spacial score (nSPS) is 15.8. The van der Waals surface area contributed by atoms with Crippen molar-refractivity contribution in [3.63, 3.8) is 0 Å². The van der Waals surface area contributed by atoms with Gasteiger partial charge in [-0.2, -0.15) is 0 Å². The molecule has 1 atom stereocenters. The number of pyridine rings is 1. The molecule has 44 heavy (non-hydrogen) atoms. The maximum absolute atomic E-state index is 13.5. The molecule has 0 fully saturated rings. The van der Waals surface area contributed by atoms with Crippen molar-refractivity contribution >= 4 is 28.8 Å². The highest BCUT2D eigenvalue weighted by atomic mass is 32.2. The first-order chi connectivity index (χ1) is 21.3. The number of amidine groups is 1. The van der Waals surface area contributed by atoms with E-state index in [0.717, 1.165) is 22.5 Å². The molecule has 2 aliphatic heterocycles. The summed E-state index contributed by atoms with van der Waals surface area (Å²) in [7, 11) is 1.59. The average molecular weight is 613 g/mol. The number of aromatic nitrogens is 1. The maximum atomic E-state index is 13.5. The van der Waals surface area contributed by atoms with Gasteiger partial charge >= 0.3 is 5.97 Å². The number of fused-ring (bicyclic) bond motifs is 1. The summed E-state index contributed by atoms with van der Waals surface area (Å²) in [5.74, 6) is 0.523. The Hall–Kier alpha value is -4.57. The van der Waals surface area contributed by atoms with Crippen LogP contribution < -0.4 is 14.8 Å². The van der Waals surface area contributed by atoms with Crippen molar-refractivity contribution in [2.24, 2.45) is 4.99 Å². The molecular weight excluding hydrogens is 576 g/mol. The Labute approximate surface area is 262 Å². The van der Waals surface area contributed by atoms with E-state index in [1.807, 2.05) is 97.8 Å². The Morgan fingerprint density at radius 2 is 1.84 bits per heavy atom. The van der Waals surface area contributed by atoms with E-state index in [1.165, 1.54) is 11.8 Å². The van der Waals surface area contributed by atoms with Gasteiger partial charge in [0.25, 0.3) is 0 Å². The predicted octanol–water partition coefficient (Wildman–Crippen LogP) is 5.94. The minimum absolute atomic E-state index is 0.117. The second-order valence-corrected chi connectivity index (χ2v) is 11.5. The van der Waals surface area contributed by atoms with E-state index in [4.69, 9.17) is 19.2 Å². The second kappa shape index (κ2) is 14.3. The second-order valence-electron chi connectivity index (χ2n) is 10.6. The van der Waals surface area contributed by atoms with Crippen LogP contribution in [0.25, 0.3) is 0 Å². The SMILES string of the molecule is COc1cc([C@H]2C(C(=O)OC(C)C)=C(C)N=C3SC=C(CC(=O)NCCc4ccccn4)N32)ccc1OCc1ccccc1. The summed E-state index contributed by atoms with van der Waals surface area (Å²) < 4.78 is 17.5. The highest BCUT2D eigenvalue weighted by Gasteiger charge is 2.41. The number of allylic oxidation sites excluding steroid dienone is 1. The Bertz CT molecular complexity index is 1590. The summed E-state index contributed by atoms with van der Waals surface area (Å²) in [6.07, 6.45) is 2.17. The lowest BCUT2D eigenvalue weighted by molar-refractivity contribution is -0.143. The molecule has 0 bridgehead atoms. The zero-order valence-corrected chi connectivity index (χ0v) is 26.1. The number of nitrogens with zero attached hydrogens (tertiary/aromatic N) is 3. The summed E-state index contributed by atoms with van der Waals surface area (Å²) in [6.45, 7) is 6.29. The molecule has 1 amide bonds. The van der Waals surface area contributed by atoms with E-state index in [0.29, 0.717) is 47.5 Å². The fourth-order valence-corrected chi connectivity index (χ4v) is 6.00. The molecule has 9 nitrogen and oxygen atoms in total. The number of carbonyl (C=O) groups is 2. The number of hydrogen-bond acceptors (Lipinski definition) is 9. The van der Waals surface area contributed by atoms with Crippen LogP contribution in [0.4, 0.5) is 0 Å². The van der Waals surface area contributed by atoms with Crippen molar-refractivity contribution in [1.29, 1.82) is 0 Å². The van der Waals surface area contributed by atoms with Gasteiger partial charge in [-0.1, -0.05) is 54.2 Å². The Morgan fingerprint density at radius 1 is 1.05 bits per heavy atom. The lowest BCUT2D eigenvalue weighted by Gasteiger charge is -2.36. The Balaban J connectivity index is 1.41. The number of esters is 1. The molecule has 3 heterocycles. The average Bonchev–Trinajstić information content (AvgIpc) is 3.41. The lowest BCUT2D eigenvalue weighted by Crippen LogP contribution is -2.38. The molecule has 0 aliphatic carbocycles. The van der Waals surface area contributed by atoms with Gasteiger partial charge in [0.2, 0.25) is 5.91 Å². The van der Waals surface area contributed by atoms with E-state index in [2.05, 4.69) is 10.3 Å². The van der Waals surface area contributed by atoms with Crippen molar-refractivity contribution in [3.05, 3.63) is 112 Å². The molecule has 10 heteroatoms. The number of amides is 1. The summed E-state index contributed by atoms with van der Waals surface area (Å²) >= 11 is 1.43. The fourth-order valence-electron chi connectivity index (χ4n) is 5.04. The first-order valence-corrected chi connectivity index (χ1v) is 15.4. The van der Waals surface area contributed by atoms with E-state index < -0.39 is 12.0 Å². The summed E-state index contributed by atoms with van der Waals surface area (Å²) in [6, 6.07) is 20.7. The van der Waals surface area contributed by atoms with Crippen molar-refractivity contribution < 1.29 is 23.8 Å². The van der Waals surface area contributed by atoms with E-state index in [-0.39, 0.29) is 18.4 Å². The lowest BCUT2D eigenvalue weighted by atomic mass is 9.93. The van der Waals surface area contributed by atoms with Gasteiger partial charge in [-0.15, -0.1) is 0 Å². The highest BCUT2D eigenvalue weighted by molar-refractivity contribution is 8.16. The fraction of sp³-hybridized carbons (Fsp3) is 0.294. The van der Waals surface area contributed by atoms with Crippen LogP contribution in [-0.4, -0.2) is 46.7 Å². The predicted molar refractivity (Wildman–Crippen MR) is 171 cm³/mol. The monoisotopic (exact) mass is 612 g/mol. The van der Waals surface area contributed by atoms with Crippen LogP contribution >= 0.6 is 11.8 Å². The third-order valence-corrected chi connectivity index (χ3v) is 7.96. The topological polar surface area (TPSA) is 102 Å². The van der Waals surface area contributed by atoms with Gasteiger partial charge in [0.05, 0.1) is 36.9 Å². The smallest absolute Gasteiger partial charge is 0.338 e. The minimum Gasteiger partial charge on any atom is -0.493 e. The third kappa shape index (κ3) is 7.31. The number of ether oxygens (including phenoxy) is 3. The third-order valence-electron chi connectivity index (χ3n) is 7.08. The number of methoxy groups -OCH3 is 1. The quantitative estimate of drug-likeness (QED) is 0.251. The molecule has 3 aromatic rings. The molecule has 2 aliphatic rings. The molecule has 1 N–H and O–H groups in total. The van der Waals surface area contributed by atoms with Crippen molar-refractivity contribution in [2.45, 2.75) is 52.4 Å². The van der Waals surface area contributed by atoms with Crippen LogP contribution in [0.1, 0.15) is 50.1 Å². The van der Waals surface area contributed by atoms with Crippen molar-refractivity contribution in [1.82, 2.24) is 15.2 Å². The van der Waals surface area contributed by atoms with Crippen LogP contribution in [0.5, 0.6) is 11.5 Å². The standard InChI is InChI=1S/C34H36N4O5S/c1-22(2)43-33(40)31-23(3)37-34-38(27(21-44-34)19-30(39)36-17-15-26-12-8-9-16-35-26)32(31)25-13-14-28(29(18-25)41-4)42-20-24-10-6-5-7-11-24/h5-14,16,18,21-22,32H,15,17,19-20H2,1-4H3,(H,36,39)/t32-/m0/s1. The Morgan fingerprint density at radius 3 is 2.57 bits per heavy atom. The zero-order valence-electron chi connectivity index (χ0n) is 25.3. The summed E-state index contributed by atoms with van der Waals surface area (Å²) in [4.78, 5) is 37.6. The maximum Gasteiger partial charge on any atom is 0.338 e. The van der Waals surface area contributed by atoms with Gasteiger partial charge in [0, 0.05) is 30.6 Å². The number of hydrogen-bond donors (Lipinski definition) is 1. The summed E-state index contributed by atoms with van der Waals surface area (Å²) in [5, 5.41) is 5.60. The van der Waals surface area contributed by atoms with Crippen LogP contribution in [0.15, 0.2) is 100 Å². The van der Waals surface area contributed by atoms with Crippen molar-refractivity contribution in [3.8, 4) is 11.5 Å². The Kier molecular flexibility index (Phi) is 10.0. The van der Waals surface area contributed by atoms with Gasteiger partial charge in [0.1, 0.15) is 6.61 Å².